The Morgan fingerprint density at radius 2 is 1.68 bits per heavy atom. The fourth-order valence-electron chi connectivity index (χ4n) is 3.46. The molecule has 2 heterocycles. The van der Waals surface area contributed by atoms with E-state index in [9.17, 15) is 0 Å². The van der Waals surface area contributed by atoms with Gasteiger partial charge in [-0.25, -0.2) is 0 Å². The number of nitrogens with one attached hydrogen (secondary N) is 2. The molecular weight excluding hydrogens is 348 g/mol. The maximum atomic E-state index is 4.54. The highest BCUT2D eigenvalue weighted by molar-refractivity contribution is 5.63. The topological polar surface area (TPSA) is 66.0 Å². The molecule has 3 aromatic rings. The molecule has 0 unspecified atom stereocenters. The zero-order chi connectivity index (χ0) is 19.3. The lowest BCUT2D eigenvalue weighted by Crippen LogP contribution is -2.29. The van der Waals surface area contributed by atoms with Gasteiger partial charge >= 0.3 is 0 Å². The van der Waals surface area contributed by atoms with Crippen molar-refractivity contribution in [3.8, 4) is 0 Å². The second kappa shape index (κ2) is 8.25. The average molecular weight is 374 g/mol. The minimum absolute atomic E-state index is 0.476. The standard InChI is InChI=1S/C22H26N6/c1-16-6-7-17(2)20(14-16)25-22-26-21(15-23-27-22)24-18-8-10-19(11-9-18)28-12-4-3-5-13-28/h6-11,14-15H,3-5,12-13H2,1-2H3,(H2,24,25,26,27). The molecule has 0 amide bonds. The summed E-state index contributed by atoms with van der Waals surface area (Å²) in [5, 5.41) is 14.8. The Balaban J connectivity index is 1.45. The van der Waals surface area contributed by atoms with E-state index in [1.54, 1.807) is 6.20 Å². The number of anilines is 5. The molecule has 0 radical (unpaired) electrons. The van der Waals surface area contributed by atoms with Crippen LogP contribution in [0, 0.1) is 13.8 Å². The van der Waals surface area contributed by atoms with Gasteiger partial charge < -0.3 is 15.5 Å². The summed E-state index contributed by atoms with van der Waals surface area (Å²) in [6.07, 6.45) is 5.54. The molecule has 1 fully saturated rings. The van der Waals surface area contributed by atoms with Crippen LogP contribution < -0.4 is 15.5 Å². The van der Waals surface area contributed by atoms with Crippen molar-refractivity contribution in [2.24, 2.45) is 0 Å². The van der Waals surface area contributed by atoms with Crippen molar-refractivity contribution in [3.05, 3.63) is 59.8 Å². The zero-order valence-electron chi connectivity index (χ0n) is 16.4. The number of aryl methyl sites for hydroxylation is 2. The quantitative estimate of drug-likeness (QED) is 0.657. The molecule has 0 saturated carbocycles. The van der Waals surface area contributed by atoms with Crippen LogP contribution in [0.15, 0.2) is 48.7 Å². The summed E-state index contributed by atoms with van der Waals surface area (Å²) < 4.78 is 0. The van der Waals surface area contributed by atoms with Crippen LogP contribution in [0.5, 0.6) is 0 Å². The normalized spacial score (nSPS) is 14.0. The third kappa shape index (κ3) is 4.39. The zero-order valence-corrected chi connectivity index (χ0v) is 16.4. The molecule has 4 rings (SSSR count). The summed E-state index contributed by atoms with van der Waals surface area (Å²) in [4.78, 5) is 6.99. The maximum Gasteiger partial charge on any atom is 0.249 e. The first-order valence-electron chi connectivity index (χ1n) is 9.83. The summed E-state index contributed by atoms with van der Waals surface area (Å²) >= 11 is 0. The molecule has 144 valence electrons. The molecule has 2 N–H and O–H groups in total. The summed E-state index contributed by atoms with van der Waals surface area (Å²) in [6.45, 7) is 6.42. The minimum atomic E-state index is 0.476. The van der Waals surface area contributed by atoms with E-state index >= 15 is 0 Å². The Kier molecular flexibility index (Phi) is 5.37. The first-order valence-corrected chi connectivity index (χ1v) is 9.83. The first kappa shape index (κ1) is 18.2. The van der Waals surface area contributed by atoms with Gasteiger partial charge in [-0.3, -0.25) is 0 Å². The SMILES string of the molecule is Cc1ccc(C)c(Nc2nncc(Nc3ccc(N4CCCCC4)cc3)n2)c1. The number of rotatable bonds is 5. The lowest BCUT2D eigenvalue weighted by atomic mass is 10.1. The van der Waals surface area contributed by atoms with Crippen LogP contribution in [-0.4, -0.2) is 28.3 Å². The fourth-order valence-corrected chi connectivity index (χ4v) is 3.46. The molecule has 6 nitrogen and oxygen atoms in total. The van der Waals surface area contributed by atoms with Gasteiger partial charge in [0.15, 0.2) is 5.82 Å². The smallest absolute Gasteiger partial charge is 0.249 e. The van der Waals surface area contributed by atoms with E-state index in [1.807, 2.05) is 0 Å². The summed E-state index contributed by atoms with van der Waals surface area (Å²) in [5.41, 5.74) is 5.58. The van der Waals surface area contributed by atoms with Crippen LogP contribution in [-0.2, 0) is 0 Å². The van der Waals surface area contributed by atoms with Gasteiger partial charge in [0.05, 0.1) is 6.20 Å². The predicted molar refractivity (Wildman–Crippen MR) is 115 cm³/mol. The Morgan fingerprint density at radius 3 is 2.46 bits per heavy atom. The second-order valence-electron chi connectivity index (χ2n) is 7.33. The monoisotopic (exact) mass is 374 g/mol. The van der Waals surface area contributed by atoms with E-state index in [1.165, 1.54) is 30.5 Å². The van der Waals surface area contributed by atoms with Crippen molar-refractivity contribution < 1.29 is 0 Å². The Morgan fingerprint density at radius 1 is 0.893 bits per heavy atom. The molecule has 0 spiro atoms. The molecule has 2 aromatic carbocycles. The molecular formula is C22H26N6. The van der Waals surface area contributed by atoms with Crippen LogP contribution in [0.3, 0.4) is 0 Å². The Bertz CT molecular complexity index is 932. The van der Waals surface area contributed by atoms with Gasteiger partial charge in [0.1, 0.15) is 0 Å². The largest absolute Gasteiger partial charge is 0.372 e. The van der Waals surface area contributed by atoms with E-state index in [2.05, 4.69) is 87.0 Å². The highest BCUT2D eigenvalue weighted by Crippen LogP contribution is 2.24. The summed E-state index contributed by atoms with van der Waals surface area (Å²) in [5.74, 6) is 1.14. The second-order valence-corrected chi connectivity index (χ2v) is 7.33. The van der Waals surface area contributed by atoms with Crippen molar-refractivity contribution in [2.75, 3.05) is 28.6 Å². The van der Waals surface area contributed by atoms with Gasteiger partial charge in [0.2, 0.25) is 5.95 Å². The third-order valence-electron chi connectivity index (χ3n) is 5.06. The van der Waals surface area contributed by atoms with E-state index in [4.69, 9.17) is 0 Å². The molecule has 0 atom stereocenters. The lowest BCUT2D eigenvalue weighted by Gasteiger charge is -2.28. The van der Waals surface area contributed by atoms with Crippen LogP contribution in [0.4, 0.5) is 28.8 Å². The van der Waals surface area contributed by atoms with Crippen LogP contribution >= 0.6 is 0 Å². The van der Waals surface area contributed by atoms with E-state index in [0.717, 1.165) is 30.0 Å². The Hall–Kier alpha value is -3.15. The highest BCUT2D eigenvalue weighted by atomic mass is 15.3. The summed E-state index contributed by atoms with van der Waals surface area (Å²) in [6, 6.07) is 14.8. The van der Waals surface area contributed by atoms with Gasteiger partial charge in [-0.05, 0) is 74.6 Å². The van der Waals surface area contributed by atoms with Gasteiger partial charge in [-0.15, -0.1) is 5.10 Å². The van der Waals surface area contributed by atoms with Crippen molar-refractivity contribution in [2.45, 2.75) is 33.1 Å². The van der Waals surface area contributed by atoms with Crippen LogP contribution in [0.25, 0.3) is 0 Å². The van der Waals surface area contributed by atoms with Gasteiger partial charge in [0.25, 0.3) is 0 Å². The highest BCUT2D eigenvalue weighted by Gasteiger charge is 2.11. The summed E-state index contributed by atoms with van der Waals surface area (Å²) in [7, 11) is 0. The molecule has 1 aromatic heterocycles. The number of piperidine rings is 1. The molecule has 28 heavy (non-hydrogen) atoms. The molecule has 0 aliphatic carbocycles. The van der Waals surface area contributed by atoms with Crippen LogP contribution in [0.1, 0.15) is 30.4 Å². The number of nitrogens with zero attached hydrogens (tertiary/aromatic N) is 4. The van der Waals surface area contributed by atoms with Crippen molar-refractivity contribution >= 4 is 28.8 Å². The third-order valence-corrected chi connectivity index (χ3v) is 5.06. The fraction of sp³-hybridized carbons (Fsp3) is 0.318. The van der Waals surface area contributed by atoms with Gasteiger partial charge in [0, 0.05) is 30.2 Å². The molecule has 0 bridgehead atoms. The van der Waals surface area contributed by atoms with E-state index < -0.39 is 0 Å². The molecule has 1 saturated heterocycles. The Labute approximate surface area is 166 Å². The van der Waals surface area contributed by atoms with E-state index in [-0.39, 0.29) is 0 Å². The molecule has 1 aliphatic heterocycles. The van der Waals surface area contributed by atoms with Crippen LogP contribution in [0.2, 0.25) is 0 Å². The van der Waals surface area contributed by atoms with Crippen molar-refractivity contribution in [1.29, 1.82) is 0 Å². The predicted octanol–water partition coefficient (Wildman–Crippen LogP) is 4.97. The number of aromatic nitrogens is 3. The van der Waals surface area contributed by atoms with Gasteiger partial charge in [-0.2, -0.15) is 10.1 Å². The van der Waals surface area contributed by atoms with Gasteiger partial charge in [-0.1, -0.05) is 12.1 Å². The first-order chi connectivity index (χ1) is 13.7. The maximum absolute atomic E-state index is 4.54. The number of hydrogen-bond acceptors (Lipinski definition) is 6. The number of benzene rings is 2. The minimum Gasteiger partial charge on any atom is -0.372 e. The van der Waals surface area contributed by atoms with Crippen molar-refractivity contribution in [1.82, 2.24) is 15.2 Å². The number of hydrogen-bond donors (Lipinski definition) is 2. The molecule has 6 heteroatoms. The average Bonchev–Trinajstić information content (AvgIpc) is 2.72. The lowest BCUT2D eigenvalue weighted by molar-refractivity contribution is 0.578. The molecule has 1 aliphatic rings. The van der Waals surface area contributed by atoms with E-state index in [0.29, 0.717) is 11.8 Å². The van der Waals surface area contributed by atoms with Crippen molar-refractivity contribution in [3.63, 3.8) is 0 Å².